The van der Waals surface area contributed by atoms with Gasteiger partial charge in [-0.15, -0.1) is 0 Å². The van der Waals surface area contributed by atoms with Gasteiger partial charge in [-0.05, 0) is 19.8 Å². The Kier molecular flexibility index (Phi) is 5.57. The molecule has 0 aromatic rings. The lowest BCUT2D eigenvalue weighted by molar-refractivity contribution is -0.194. The van der Waals surface area contributed by atoms with E-state index in [0.717, 1.165) is 4.90 Å². The summed E-state index contributed by atoms with van der Waals surface area (Å²) in [6.45, 7) is 0.925. The molecule has 1 amide bonds. The van der Waals surface area contributed by atoms with E-state index in [9.17, 15) is 22.8 Å². The second-order valence-electron chi connectivity index (χ2n) is 5.21. The number of hydrogen-bond donors (Lipinski definition) is 2. The average molecular weight is 312 g/mol. The molecule has 9 heteroatoms. The van der Waals surface area contributed by atoms with Crippen molar-refractivity contribution in [3.63, 3.8) is 0 Å². The zero-order valence-corrected chi connectivity index (χ0v) is 11.7. The summed E-state index contributed by atoms with van der Waals surface area (Å²) in [4.78, 5) is 23.2. The zero-order valence-electron chi connectivity index (χ0n) is 11.7. The number of nitrogens with zero attached hydrogens (tertiary/aromatic N) is 1. The van der Waals surface area contributed by atoms with E-state index >= 15 is 0 Å². The lowest BCUT2D eigenvalue weighted by atomic mass is 9.98. The van der Waals surface area contributed by atoms with Crippen LogP contribution in [0.5, 0.6) is 0 Å². The SMILES string of the molecule is CC(N)(C(=O)N1CCC(OCCC(=O)O)CC1)C(F)(F)F. The number of carboxylic acid groups (broad SMARTS) is 1. The molecule has 0 radical (unpaired) electrons. The fraction of sp³-hybridized carbons (Fsp3) is 0.833. The fourth-order valence-electron chi connectivity index (χ4n) is 1.99. The average Bonchev–Trinajstić information content (AvgIpc) is 2.37. The predicted octanol–water partition coefficient (Wildman–Crippen LogP) is 0.748. The monoisotopic (exact) mass is 312 g/mol. The first-order chi connectivity index (χ1) is 9.55. The van der Waals surface area contributed by atoms with Crippen LogP contribution in [0.4, 0.5) is 13.2 Å². The molecule has 0 aliphatic carbocycles. The lowest BCUT2D eigenvalue weighted by Gasteiger charge is -2.37. The van der Waals surface area contributed by atoms with E-state index < -0.39 is 23.6 Å². The number of amides is 1. The summed E-state index contributed by atoms with van der Waals surface area (Å²) < 4.78 is 43.4. The molecular weight excluding hydrogens is 293 g/mol. The van der Waals surface area contributed by atoms with Crippen LogP contribution in [0.2, 0.25) is 0 Å². The molecule has 21 heavy (non-hydrogen) atoms. The molecule has 1 heterocycles. The number of piperidine rings is 1. The van der Waals surface area contributed by atoms with Crippen molar-refractivity contribution < 1.29 is 32.6 Å². The molecule has 0 spiro atoms. The molecule has 1 aliphatic heterocycles. The quantitative estimate of drug-likeness (QED) is 0.781. The number of carboxylic acids is 1. The molecule has 0 aromatic heterocycles. The Balaban J connectivity index is 2.46. The molecule has 1 atom stereocenters. The first kappa shape index (κ1) is 17.7. The number of alkyl halides is 3. The van der Waals surface area contributed by atoms with Crippen molar-refractivity contribution in [2.45, 2.75) is 44.0 Å². The van der Waals surface area contributed by atoms with Crippen LogP contribution in [0, 0.1) is 0 Å². The normalized spacial score (nSPS) is 20.1. The van der Waals surface area contributed by atoms with Gasteiger partial charge in [-0.3, -0.25) is 9.59 Å². The van der Waals surface area contributed by atoms with Gasteiger partial charge < -0.3 is 20.5 Å². The van der Waals surface area contributed by atoms with Crippen molar-refractivity contribution in [1.82, 2.24) is 4.90 Å². The number of rotatable bonds is 5. The molecule has 1 unspecified atom stereocenters. The topological polar surface area (TPSA) is 92.9 Å². The number of ether oxygens (including phenoxy) is 1. The minimum Gasteiger partial charge on any atom is -0.481 e. The van der Waals surface area contributed by atoms with Gasteiger partial charge in [0.2, 0.25) is 0 Å². The van der Waals surface area contributed by atoms with Gasteiger partial charge in [0.1, 0.15) is 0 Å². The third-order valence-electron chi connectivity index (χ3n) is 3.43. The molecule has 1 aliphatic rings. The Labute approximate surface area is 120 Å². The summed E-state index contributed by atoms with van der Waals surface area (Å²) in [6.07, 6.45) is -4.46. The van der Waals surface area contributed by atoms with Gasteiger partial charge in [-0.25, -0.2) is 0 Å². The van der Waals surface area contributed by atoms with Crippen LogP contribution in [-0.4, -0.2) is 59.4 Å². The third kappa shape index (κ3) is 4.57. The highest BCUT2D eigenvalue weighted by Crippen LogP contribution is 2.30. The molecular formula is C12H19F3N2O4. The van der Waals surface area contributed by atoms with Crippen LogP contribution >= 0.6 is 0 Å². The Bertz CT molecular complexity index is 390. The highest BCUT2D eigenvalue weighted by molar-refractivity contribution is 5.86. The number of aliphatic carboxylic acids is 1. The van der Waals surface area contributed by atoms with E-state index in [-0.39, 0.29) is 32.2 Å². The number of likely N-dealkylation sites (tertiary alicyclic amines) is 1. The number of carbonyl (C=O) groups excluding carboxylic acids is 1. The maximum atomic E-state index is 12.7. The van der Waals surface area contributed by atoms with Gasteiger partial charge in [0, 0.05) is 13.1 Å². The Morgan fingerprint density at radius 2 is 1.86 bits per heavy atom. The first-order valence-corrected chi connectivity index (χ1v) is 6.54. The molecule has 0 aromatic carbocycles. The Hall–Kier alpha value is -1.35. The molecule has 0 saturated carbocycles. The number of halogens is 3. The largest absolute Gasteiger partial charge is 0.481 e. The first-order valence-electron chi connectivity index (χ1n) is 6.54. The summed E-state index contributed by atoms with van der Waals surface area (Å²) in [6, 6.07) is 0. The molecule has 0 bridgehead atoms. The molecule has 3 N–H and O–H groups in total. The molecule has 1 rings (SSSR count). The van der Waals surface area contributed by atoms with Gasteiger partial charge >= 0.3 is 12.1 Å². The van der Waals surface area contributed by atoms with Crippen LogP contribution in [0.1, 0.15) is 26.2 Å². The van der Waals surface area contributed by atoms with Crippen LogP contribution in [0.15, 0.2) is 0 Å². The standard InChI is InChI=1S/C12H19F3N2O4/c1-11(16,12(13,14)15)10(20)17-5-2-8(3-6-17)21-7-4-9(18)19/h8H,2-7,16H2,1H3,(H,18,19). The van der Waals surface area contributed by atoms with Crippen LogP contribution in [0.3, 0.4) is 0 Å². The van der Waals surface area contributed by atoms with E-state index in [0.29, 0.717) is 19.8 Å². The molecule has 122 valence electrons. The second-order valence-corrected chi connectivity index (χ2v) is 5.21. The smallest absolute Gasteiger partial charge is 0.415 e. The maximum absolute atomic E-state index is 12.7. The third-order valence-corrected chi connectivity index (χ3v) is 3.43. The minimum absolute atomic E-state index is 0.0467. The van der Waals surface area contributed by atoms with E-state index in [4.69, 9.17) is 15.6 Å². The minimum atomic E-state index is -4.81. The number of carbonyl (C=O) groups is 2. The molecule has 6 nitrogen and oxygen atoms in total. The van der Waals surface area contributed by atoms with E-state index in [1.165, 1.54) is 0 Å². The molecule has 1 fully saturated rings. The van der Waals surface area contributed by atoms with Crippen molar-refractivity contribution in [3.8, 4) is 0 Å². The second kappa shape index (κ2) is 6.61. The maximum Gasteiger partial charge on any atom is 0.415 e. The van der Waals surface area contributed by atoms with E-state index in [1.807, 2.05) is 0 Å². The number of nitrogens with two attached hydrogens (primary N) is 1. The zero-order chi connectivity index (χ0) is 16.3. The molecule has 1 saturated heterocycles. The van der Waals surface area contributed by atoms with Crippen molar-refractivity contribution in [3.05, 3.63) is 0 Å². The van der Waals surface area contributed by atoms with Crippen molar-refractivity contribution >= 4 is 11.9 Å². The van der Waals surface area contributed by atoms with Crippen molar-refractivity contribution in [2.75, 3.05) is 19.7 Å². The highest BCUT2D eigenvalue weighted by atomic mass is 19.4. The summed E-state index contributed by atoms with van der Waals surface area (Å²) >= 11 is 0. The van der Waals surface area contributed by atoms with Gasteiger partial charge in [-0.1, -0.05) is 0 Å². The van der Waals surface area contributed by atoms with Gasteiger partial charge in [0.05, 0.1) is 19.1 Å². The van der Waals surface area contributed by atoms with Crippen LogP contribution < -0.4 is 5.73 Å². The number of hydrogen-bond acceptors (Lipinski definition) is 4. The fourth-order valence-corrected chi connectivity index (χ4v) is 1.99. The van der Waals surface area contributed by atoms with Crippen molar-refractivity contribution in [1.29, 1.82) is 0 Å². The van der Waals surface area contributed by atoms with E-state index in [1.54, 1.807) is 0 Å². The lowest BCUT2D eigenvalue weighted by Crippen LogP contribution is -2.63. The summed E-state index contributed by atoms with van der Waals surface area (Å²) in [7, 11) is 0. The predicted molar refractivity (Wildman–Crippen MR) is 66.5 cm³/mol. The van der Waals surface area contributed by atoms with Gasteiger partial charge in [-0.2, -0.15) is 13.2 Å². The van der Waals surface area contributed by atoms with Gasteiger partial charge in [0.15, 0.2) is 5.54 Å². The van der Waals surface area contributed by atoms with Crippen molar-refractivity contribution in [2.24, 2.45) is 5.73 Å². The van der Waals surface area contributed by atoms with E-state index in [2.05, 4.69) is 0 Å². The highest BCUT2D eigenvalue weighted by Gasteiger charge is 2.55. The summed E-state index contributed by atoms with van der Waals surface area (Å²) in [5.74, 6) is -2.13. The Morgan fingerprint density at radius 3 is 2.29 bits per heavy atom. The van der Waals surface area contributed by atoms with Crippen LogP contribution in [-0.2, 0) is 14.3 Å². The Morgan fingerprint density at radius 1 is 1.33 bits per heavy atom. The summed E-state index contributed by atoms with van der Waals surface area (Å²) in [5, 5.41) is 8.47. The van der Waals surface area contributed by atoms with Gasteiger partial charge in [0.25, 0.3) is 5.91 Å². The summed E-state index contributed by atoms with van der Waals surface area (Å²) in [5.41, 5.74) is 2.20. The van der Waals surface area contributed by atoms with Crippen LogP contribution in [0.25, 0.3) is 0 Å².